The Balaban J connectivity index is 0.00000324. The molecule has 3 heterocycles. The van der Waals surface area contributed by atoms with Gasteiger partial charge in [0.25, 0.3) is 5.91 Å². The van der Waals surface area contributed by atoms with Crippen LogP contribution in [0.15, 0.2) is 36.5 Å². The number of benzene rings is 1. The van der Waals surface area contributed by atoms with Crippen LogP contribution in [0.3, 0.4) is 0 Å². The van der Waals surface area contributed by atoms with E-state index in [1.807, 2.05) is 6.92 Å². The first-order chi connectivity index (χ1) is 15.5. The van der Waals surface area contributed by atoms with Crippen LogP contribution >= 0.6 is 25.1 Å². The van der Waals surface area contributed by atoms with E-state index in [0.29, 0.717) is 22.5 Å². The maximum absolute atomic E-state index is 13.3. The molecule has 0 bridgehead atoms. The molecule has 4 rings (SSSR count). The maximum Gasteiger partial charge on any atom is 0.417 e. The molecule has 1 aromatic carbocycles. The molecule has 0 aliphatic carbocycles. The van der Waals surface area contributed by atoms with Gasteiger partial charge < -0.3 is 4.90 Å². The van der Waals surface area contributed by atoms with Gasteiger partial charge in [0, 0.05) is 41.2 Å². The Labute approximate surface area is 206 Å². The molecular formula is C23H22ClF3N4O2S. The molecule has 0 unspecified atom stereocenters. The van der Waals surface area contributed by atoms with Crippen molar-refractivity contribution in [2.45, 2.75) is 39.4 Å². The number of fused-ring (bicyclic) bond motifs is 1. The van der Waals surface area contributed by atoms with Gasteiger partial charge in [-0.2, -0.15) is 31.8 Å². The quantitative estimate of drug-likeness (QED) is 0.445. The van der Waals surface area contributed by atoms with Crippen molar-refractivity contribution in [3.8, 4) is 0 Å². The minimum atomic E-state index is -4.59. The summed E-state index contributed by atoms with van der Waals surface area (Å²) in [6.07, 6.45) is -3.14. The van der Waals surface area contributed by atoms with Crippen molar-refractivity contribution in [2.24, 2.45) is 0 Å². The molecular weight excluding hydrogens is 489 g/mol. The third kappa shape index (κ3) is 4.83. The molecule has 0 fully saturated rings. The fraction of sp³-hybridized carbons (Fsp3) is 0.304. The summed E-state index contributed by atoms with van der Waals surface area (Å²) in [5.74, 6) is -0.638. The monoisotopic (exact) mass is 510 g/mol. The van der Waals surface area contributed by atoms with Gasteiger partial charge in [0.1, 0.15) is 5.69 Å². The fourth-order valence-electron chi connectivity index (χ4n) is 4.04. The zero-order valence-electron chi connectivity index (χ0n) is 18.6. The van der Waals surface area contributed by atoms with E-state index in [1.54, 1.807) is 30.7 Å². The molecule has 34 heavy (non-hydrogen) atoms. The summed E-state index contributed by atoms with van der Waals surface area (Å²) >= 11 is 5.86. The standard InChI is InChI=1S/C23H20ClF3N4O2.H2S/c1-12-6-15(7-13(2)29-12)20(32)8-16-10-28-31-14(3)11-30(22(33)21(16)31)17-4-5-18(19(24)9-17)23(25,26)27;/h4-7,9-10,14H,8,11H2,1-3H3;1H2/t14-;/m0./s1. The number of hydrogen-bond acceptors (Lipinski definition) is 4. The number of carbonyl (C=O) groups is 2. The van der Waals surface area contributed by atoms with E-state index in [9.17, 15) is 22.8 Å². The molecule has 2 aromatic heterocycles. The number of hydrogen-bond donors (Lipinski definition) is 0. The first kappa shape index (κ1) is 25.8. The summed E-state index contributed by atoms with van der Waals surface area (Å²) in [5, 5.41) is 3.80. The van der Waals surface area contributed by atoms with Crippen LogP contribution in [0.25, 0.3) is 0 Å². The van der Waals surface area contributed by atoms with E-state index in [-0.39, 0.29) is 49.7 Å². The van der Waals surface area contributed by atoms with Crippen molar-refractivity contribution in [1.82, 2.24) is 14.8 Å². The Kier molecular flexibility index (Phi) is 7.14. The van der Waals surface area contributed by atoms with Crippen molar-refractivity contribution in [3.63, 3.8) is 0 Å². The zero-order chi connectivity index (χ0) is 24.1. The third-order valence-electron chi connectivity index (χ3n) is 5.51. The summed E-state index contributed by atoms with van der Waals surface area (Å²) in [4.78, 5) is 31.9. The molecule has 180 valence electrons. The van der Waals surface area contributed by atoms with Gasteiger partial charge in [-0.05, 0) is 51.1 Å². The number of Topliss-reactive ketones (excluding diaryl/α,β-unsaturated/α-hetero) is 1. The SMILES string of the molecule is Cc1cc(C(=O)Cc2cnn3c2C(=O)N(c2ccc(C(F)(F)F)c(Cl)c2)C[C@@H]3C)cc(C)n1.S. The lowest BCUT2D eigenvalue weighted by Gasteiger charge is -2.32. The molecule has 1 aliphatic heterocycles. The number of aryl methyl sites for hydroxylation is 2. The second kappa shape index (κ2) is 9.42. The van der Waals surface area contributed by atoms with E-state index in [2.05, 4.69) is 10.1 Å². The number of pyridine rings is 1. The number of amides is 1. The second-order valence-corrected chi connectivity index (χ2v) is 8.54. The van der Waals surface area contributed by atoms with Gasteiger partial charge in [-0.25, -0.2) is 0 Å². The number of halogens is 4. The number of alkyl halides is 3. The molecule has 6 nitrogen and oxygen atoms in total. The Morgan fingerprint density at radius 1 is 1.18 bits per heavy atom. The van der Waals surface area contributed by atoms with Crippen LogP contribution in [0.5, 0.6) is 0 Å². The molecule has 1 amide bonds. The average molecular weight is 511 g/mol. The zero-order valence-corrected chi connectivity index (χ0v) is 20.3. The smallest absolute Gasteiger partial charge is 0.305 e. The second-order valence-electron chi connectivity index (χ2n) is 8.13. The Morgan fingerprint density at radius 2 is 1.82 bits per heavy atom. The normalized spacial score (nSPS) is 15.7. The van der Waals surface area contributed by atoms with Gasteiger partial charge in [0.05, 0.1) is 22.8 Å². The molecule has 0 spiro atoms. The van der Waals surface area contributed by atoms with Crippen molar-refractivity contribution in [3.05, 3.63) is 75.3 Å². The summed E-state index contributed by atoms with van der Waals surface area (Å²) in [7, 11) is 0. The van der Waals surface area contributed by atoms with Crippen molar-refractivity contribution >= 4 is 42.5 Å². The highest BCUT2D eigenvalue weighted by molar-refractivity contribution is 7.59. The predicted molar refractivity (Wildman–Crippen MR) is 127 cm³/mol. The molecule has 1 atom stereocenters. The molecule has 0 saturated heterocycles. The first-order valence-corrected chi connectivity index (χ1v) is 10.6. The topological polar surface area (TPSA) is 68.1 Å². The van der Waals surface area contributed by atoms with Gasteiger partial charge in [-0.1, -0.05) is 11.6 Å². The summed E-state index contributed by atoms with van der Waals surface area (Å²) < 4.78 is 40.8. The summed E-state index contributed by atoms with van der Waals surface area (Å²) in [6.45, 7) is 5.63. The minimum absolute atomic E-state index is 0. The van der Waals surface area contributed by atoms with E-state index in [4.69, 9.17) is 11.6 Å². The number of anilines is 1. The molecule has 11 heteroatoms. The van der Waals surface area contributed by atoms with Crippen molar-refractivity contribution < 1.29 is 22.8 Å². The lowest BCUT2D eigenvalue weighted by atomic mass is 10.0. The summed E-state index contributed by atoms with van der Waals surface area (Å²) in [6, 6.07) is 6.33. The van der Waals surface area contributed by atoms with Crippen LogP contribution in [-0.2, 0) is 12.6 Å². The number of nitrogens with zero attached hydrogens (tertiary/aromatic N) is 4. The number of ketones is 1. The number of aromatic nitrogens is 3. The lowest BCUT2D eigenvalue weighted by Crippen LogP contribution is -2.43. The lowest BCUT2D eigenvalue weighted by molar-refractivity contribution is -0.137. The first-order valence-electron chi connectivity index (χ1n) is 10.2. The van der Waals surface area contributed by atoms with Crippen LogP contribution in [0.2, 0.25) is 5.02 Å². The van der Waals surface area contributed by atoms with E-state index in [1.165, 1.54) is 17.2 Å². The molecule has 1 aliphatic rings. The highest BCUT2D eigenvalue weighted by atomic mass is 35.5. The van der Waals surface area contributed by atoms with Crippen LogP contribution in [0.1, 0.15) is 56.3 Å². The van der Waals surface area contributed by atoms with E-state index in [0.717, 1.165) is 12.1 Å². The van der Waals surface area contributed by atoms with Gasteiger partial charge >= 0.3 is 6.18 Å². The van der Waals surface area contributed by atoms with Gasteiger partial charge in [-0.15, -0.1) is 0 Å². The number of rotatable bonds is 4. The van der Waals surface area contributed by atoms with Crippen LogP contribution in [0, 0.1) is 13.8 Å². The van der Waals surface area contributed by atoms with E-state index >= 15 is 0 Å². The summed E-state index contributed by atoms with van der Waals surface area (Å²) in [5.41, 5.74) is 1.88. The highest BCUT2D eigenvalue weighted by Crippen LogP contribution is 2.38. The molecule has 0 N–H and O–H groups in total. The Morgan fingerprint density at radius 3 is 2.41 bits per heavy atom. The average Bonchev–Trinajstić information content (AvgIpc) is 3.13. The van der Waals surface area contributed by atoms with Crippen molar-refractivity contribution in [2.75, 3.05) is 11.4 Å². The molecule has 0 saturated carbocycles. The van der Waals surface area contributed by atoms with Crippen molar-refractivity contribution in [1.29, 1.82) is 0 Å². The van der Waals surface area contributed by atoms with Crippen LogP contribution < -0.4 is 4.90 Å². The van der Waals surface area contributed by atoms with Crippen LogP contribution in [-0.4, -0.2) is 33.0 Å². The Bertz CT molecular complexity index is 1260. The van der Waals surface area contributed by atoms with Gasteiger partial charge in [0.15, 0.2) is 5.78 Å². The largest absolute Gasteiger partial charge is 0.417 e. The number of carbonyl (C=O) groups excluding carboxylic acids is 2. The Hall–Kier alpha value is -2.85. The van der Waals surface area contributed by atoms with Gasteiger partial charge in [0.2, 0.25) is 0 Å². The van der Waals surface area contributed by atoms with E-state index < -0.39 is 22.7 Å². The van der Waals surface area contributed by atoms with Gasteiger partial charge in [-0.3, -0.25) is 19.3 Å². The maximum atomic E-state index is 13.3. The molecule has 3 aromatic rings. The molecule has 0 radical (unpaired) electrons. The predicted octanol–water partition coefficient (Wildman–Crippen LogP) is 5.33. The fourth-order valence-corrected chi connectivity index (χ4v) is 4.33. The highest BCUT2D eigenvalue weighted by Gasteiger charge is 2.36. The third-order valence-corrected chi connectivity index (χ3v) is 5.82. The van der Waals surface area contributed by atoms with Crippen LogP contribution in [0.4, 0.5) is 18.9 Å². The minimum Gasteiger partial charge on any atom is -0.305 e.